The van der Waals surface area contributed by atoms with E-state index in [0.717, 1.165) is 65.4 Å². The minimum Gasteiger partial charge on any atom is -0.287 e. The van der Waals surface area contributed by atoms with Gasteiger partial charge in [0.25, 0.3) is 23.1 Å². The smallest absolute Gasteiger partial charge is 0.272 e. The predicted octanol–water partition coefficient (Wildman–Crippen LogP) is 5.39. The van der Waals surface area contributed by atoms with Crippen LogP contribution in [0.4, 0.5) is 0 Å². The quantitative estimate of drug-likeness (QED) is 0.209. The molecule has 0 saturated heterocycles. The number of carbonyl (C=O) groups excluding carboxylic acids is 4. The maximum absolute atomic E-state index is 12.4. The molecule has 0 spiro atoms. The third kappa shape index (κ3) is 7.13. The van der Waals surface area contributed by atoms with E-state index in [9.17, 15) is 19.2 Å². The number of benzene rings is 4. The van der Waals surface area contributed by atoms with E-state index >= 15 is 0 Å². The number of ketones is 4. The van der Waals surface area contributed by atoms with Crippen LogP contribution in [0, 0.1) is 0 Å². The highest BCUT2D eigenvalue weighted by Gasteiger charge is 2.34. The van der Waals surface area contributed by atoms with Gasteiger partial charge in [0.15, 0.2) is 28.9 Å². The SMILES string of the molecule is CCCc1nnc2nc3c(nn12)-c1ccccc1C3=O.CCCc1nnc2nc3c(nn12)C(=O)c1ccccc1-3.CCc1nnc2nc3c(nn12)-c1ccccc1C3=O.O=C1c2ccccc2-c2nc3nncn3nc21. The maximum atomic E-state index is 12.4. The molecule has 4 aliphatic rings. The summed E-state index contributed by atoms with van der Waals surface area (Å²) in [7, 11) is 0. The molecule has 8 heterocycles. The number of hydrogen-bond donors (Lipinski definition) is 0. The molecule has 368 valence electrons. The topological polar surface area (TPSA) is 292 Å². The minimum absolute atomic E-state index is 0.0823. The van der Waals surface area contributed by atoms with Gasteiger partial charge in [-0.3, -0.25) is 19.2 Å². The van der Waals surface area contributed by atoms with Crippen molar-refractivity contribution in [3.05, 3.63) is 166 Å². The van der Waals surface area contributed by atoms with Crippen molar-refractivity contribution in [3.63, 3.8) is 0 Å². The van der Waals surface area contributed by atoms with Crippen molar-refractivity contribution in [3.8, 4) is 45.0 Å². The number of aromatic nitrogens is 20. The molecule has 0 fully saturated rings. The van der Waals surface area contributed by atoms with Gasteiger partial charge in [-0.05, 0) is 12.8 Å². The normalized spacial score (nSPS) is 12.8. The first-order valence-electron chi connectivity index (χ1n) is 24.2. The summed E-state index contributed by atoms with van der Waals surface area (Å²) >= 11 is 0. The molecule has 0 bridgehead atoms. The van der Waals surface area contributed by atoms with Crippen LogP contribution in [-0.4, -0.2) is 122 Å². The Morgan fingerprint density at radius 1 is 0.342 bits per heavy atom. The largest absolute Gasteiger partial charge is 0.287 e. The number of nitrogens with zero attached hydrogens (tertiary/aromatic N) is 20. The van der Waals surface area contributed by atoms with Crippen LogP contribution in [0.15, 0.2) is 103 Å². The van der Waals surface area contributed by atoms with Gasteiger partial charge in [-0.1, -0.05) is 118 Å². The van der Waals surface area contributed by atoms with Crippen molar-refractivity contribution in [1.29, 1.82) is 0 Å². The van der Waals surface area contributed by atoms with Crippen molar-refractivity contribution in [1.82, 2.24) is 99.2 Å². The molecule has 12 aromatic rings. The fourth-order valence-corrected chi connectivity index (χ4v) is 9.40. The molecule has 0 amide bonds. The van der Waals surface area contributed by atoms with Crippen molar-refractivity contribution in [2.45, 2.75) is 52.9 Å². The molecule has 24 nitrogen and oxygen atoms in total. The zero-order chi connectivity index (χ0) is 51.8. The van der Waals surface area contributed by atoms with Crippen LogP contribution in [0.2, 0.25) is 0 Å². The van der Waals surface area contributed by atoms with Gasteiger partial charge in [-0.15, -0.1) is 40.8 Å². The molecular formula is C52H36N20O4. The average Bonchev–Trinajstić information content (AvgIpc) is 4.44. The summed E-state index contributed by atoms with van der Waals surface area (Å²) in [6.45, 7) is 6.11. The van der Waals surface area contributed by atoms with Gasteiger partial charge >= 0.3 is 0 Å². The van der Waals surface area contributed by atoms with Crippen LogP contribution in [0.3, 0.4) is 0 Å². The summed E-state index contributed by atoms with van der Waals surface area (Å²) in [5.41, 5.74) is 9.80. The minimum atomic E-state index is -0.0984. The van der Waals surface area contributed by atoms with Crippen LogP contribution in [0.25, 0.3) is 68.1 Å². The Morgan fingerprint density at radius 2 is 0.684 bits per heavy atom. The first-order chi connectivity index (χ1) is 37.2. The van der Waals surface area contributed by atoms with Crippen molar-refractivity contribution >= 4 is 46.2 Å². The molecule has 8 aromatic heterocycles. The van der Waals surface area contributed by atoms with Crippen molar-refractivity contribution < 1.29 is 19.2 Å². The van der Waals surface area contributed by atoms with E-state index in [4.69, 9.17) is 0 Å². The Morgan fingerprint density at radius 3 is 1.12 bits per heavy atom. The summed E-state index contributed by atoms with van der Waals surface area (Å²) in [6.07, 6.45) is 5.58. The fourth-order valence-electron chi connectivity index (χ4n) is 9.40. The lowest BCUT2D eigenvalue weighted by Gasteiger charge is -2.00. The standard InChI is InChI=1S/2C14H11N5O.C13H9N5O.C11H5N5O/c1-2-5-10-16-17-14-15-12-11(18-19(10)14)8-6-3-4-7-9(8)13(12)20;1-2-5-10-16-17-14-15-11-8-6-3-4-7-9(8)13(20)12(11)18-19(10)14;1-2-9-15-16-13-14-11-10(17-18(9)13)7-5-3-4-6-8(7)12(11)19;17-10-7-4-2-1-3-6(7)8-9(10)15-16-5-12-14-11(16)13-8/h2*3-4,6-7H,2,5H2,1H3;3-6H,2H2,1H3;1-5H. The summed E-state index contributed by atoms with van der Waals surface area (Å²) in [6, 6.07) is 29.6. The van der Waals surface area contributed by atoms with E-state index in [2.05, 4.69) is 95.0 Å². The molecule has 0 radical (unpaired) electrons. The lowest BCUT2D eigenvalue weighted by molar-refractivity contribution is 0.103. The van der Waals surface area contributed by atoms with Crippen molar-refractivity contribution in [2.75, 3.05) is 0 Å². The molecule has 24 heteroatoms. The van der Waals surface area contributed by atoms with Crippen LogP contribution in [-0.2, 0) is 19.3 Å². The summed E-state index contributed by atoms with van der Waals surface area (Å²) in [5, 5.41) is 49.3. The molecular weight excluding hydrogens is 969 g/mol. The summed E-state index contributed by atoms with van der Waals surface area (Å²) < 4.78 is 6.22. The number of rotatable bonds is 5. The first-order valence-corrected chi connectivity index (χ1v) is 24.2. The highest BCUT2D eigenvalue weighted by atomic mass is 16.1. The van der Waals surface area contributed by atoms with E-state index in [1.807, 2.05) is 79.7 Å². The Hall–Kier alpha value is -10.5. The maximum Gasteiger partial charge on any atom is 0.272 e. The Kier molecular flexibility index (Phi) is 10.7. The zero-order valence-electron chi connectivity index (χ0n) is 40.4. The predicted molar refractivity (Wildman–Crippen MR) is 267 cm³/mol. The van der Waals surface area contributed by atoms with Crippen molar-refractivity contribution in [2.24, 2.45) is 0 Å². The van der Waals surface area contributed by atoms with Crippen LogP contribution in [0.5, 0.6) is 0 Å². The number of fused-ring (bicyclic) bond motifs is 16. The molecule has 0 saturated carbocycles. The molecule has 4 aromatic carbocycles. The van der Waals surface area contributed by atoms with Gasteiger partial charge in [0, 0.05) is 63.8 Å². The highest BCUT2D eigenvalue weighted by molar-refractivity contribution is 6.22. The first kappa shape index (κ1) is 45.4. The van der Waals surface area contributed by atoms with Gasteiger partial charge in [-0.2, -0.15) is 38.5 Å². The van der Waals surface area contributed by atoms with E-state index in [1.165, 1.54) is 10.8 Å². The average molecular weight is 1000 g/mol. The van der Waals surface area contributed by atoms with E-state index in [0.29, 0.717) is 97.3 Å². The zero-order valence-corrected chi connectivity index (χ0v) is 40.4. The molecule has 16 rings (SSSR count). The summed E-state index contributed by atoms with van der Waals surface area (Å²) in [5.74, 6) is 3.47. The van der Waals surface area contributed by atoms with Gasteiger partial charge in [0.05, 0.1) is 0 Å². The second kappa shape index (κ2) is 17.9. The molecule has 0 unspecified atom stereocenters. The lowest BCUT2D eigenvalue weighted by atomic mass is 10.1. The number of aryl methyl sites for hydroxylation is 3. The highest BCUT2D eigenvalue weighted by Crippen LogP contribution is 2.37. The third-order valence-corrected chi connectivity index (χ3v) is 13.0. The monoisotopic (exact) mass is 1000 g/mol. The van der Waals surface area contributed by atoms with E-state index in [-0.39, 0.29) is 23.1 Å². The molecule has 0 aliphatic heterocycles. The van der Waals surface area contributed by atoms with Crippen LogP contribution in [0.1, 0.15) is 115 Å². The fraction of sp³-hybridized carbons (Fsp3) is 0.154. The second-order valence-corrected chi connectivity index (χ2v) is 17.6. The second-order valence-electron chi connectivity index (χ2n) is 17.6. The van der Waals surface area contributed by atoms with Crippen LogP contribution < -0.4 is 0 Å². The number of carbonyl (C=O) groups is 4. The Balaban J connectivity index is 0.0000000972. The van der Waals surface area contributed by atoms with E-state index < -0.39 is 0 Å². The molecule has 76 heavy (non-hydrogen) atoms. The molecule has 4 aliphatic carbocycles. The Labute approximate surface area is 427 Å². The van der Waals surface area contributed by atoms with Gasteiger partial charge in [0.2, 0.25) is 23.1 Å². The third-order valence-electron chi connectivity index (χ3n) is 13.0. The Bertz CT molecular complexity index is 4440. The van der Waals surface area contributed by atoms with E-state index in [1.54, 1.807) is 37.8 Å². The number of hydrogen-bond acceptors (Lipinski definition) is 20. The summed E-state index contributed by atoms with van der Waals surface area (Å²) in [4.78, 5) is 66.4. The van der Waals surface area contributed by atoms with Gasteiger partial charge in [-0.25, -0.2) is 19.9 Å². The van der Waals surface area contributed by atoms with Crippen LogP contribution >= 0.6 is 0 Å². The van der Waals surface area contributed by atoms with Gasteiger partial charge < -0.3 is 0 Å². The molecule has 0 atom stereocenters. The van der Waals surface area contributed by atoms with Gasteiger partial charge in [0.1, 0.15) is 40.5 Å². The molecule has 0 N–H and O–H groups in total. The lowest BCUT2D eigenvalue weighted by Crippen LogP contribution is -2.07.